The van der Waals surface area contributed by atoms with E-state index in [1.165, 1.54) is 6.07 Å². The maximum absolute atomic E-state index is 14.2. The van der Waals surface area contributed by atoms with E-state index in [9.17, 15) is 17.2 Å². The molecule has 0 unspecified atom stereocenters. The van der Waals surface area contributed by atoms with Crippen LogP contribution in [-0.4, -0.2) is 13.6 Å². The van der Waals surface area contributed by atoms with Gasteiger partial charge in [-0.15, -0.1) is 0 Å². The van der Waals surface area contributed by atoms with E-state index in [-0.39, 0.29) is 10.7 Å². The van der Waals surface area contributed by atoms with Crippen molar-refractivity contribution in [2.45, 2.75) is 4.90 Å². The standard InChI is InChI=1S/C12H7BrClF2IN2O3S/c13-6-4-9(23(21,22)19-20)12(11(16)10(6)15)18-8-2-1-5(17)3-7(8)14/h1-4,18-20H. The maximum Gasteiger partial charge on any atom is 0.264 e. The van der Waals surface area contributed by atoms with Crippen molar-refractivity contribution in [1.82, 2.24) is 4.89 Å². The monoisotopic (exact) mass is 538 g/mol. The number of anilines is 2. The molecule has 11 heteroatoms. The average molecular weight is 540 g/mol. The van der Waals surface area contributed by atoms with E-state index >= 15 is 0 Å². The van der Waals surface area contributed by atoms with E-state index in [0.717, 1.165) is 14.5 Å². The van der Waals surface area contributed by atoms with E-state index in [1.54, 1.807) is 12.1 Å². The van der Waals surface area contributed by atoms with E-state index in [1.807, 2.05) is 22.6 Å². The first-order valence-electron chi connectivity index (χ1n) is 5.73. The van der Waals surface area contributed by atoms with Crippen LogP contribution in [0, 0.1) is 15.2 Å². The van der Waals surface area contributed by atoms with E-state index < -0.39 is 36.7 Å². The van der Waals surface area contributed by atoms with Crippen molar-refractivity contribution in [1.29, 1.82) is 0 Å². The SMILES string of the molecule is O=S(=O)(NO)c1cc(Br)c(F)c(F)c1Nc1ccc(I)cc1Cl. The van der Waals surface area contributed by atoms with Crippen molar-refractivity contribution in [2.75, 3.05) is 5.32 Å². The molecule has 5 nitrogen and oxygen atoms in total. The largest absolute Gasteiger partial charge is 0.351 e. The summed E-state index contributed by atoms with van der Waals surface area (Å²) in [6.45, 7) is 0. The number of nitrogens with one attached hydrogen (secondary N) is 2. The minimum Gasteiger partial charge on any atom is -0.351 e. The smallest absolute Gasteiger partial charge is 0.264 e. The Hall–Kier alpha value is -0.530. The lowest BCUT2D eigenvalue weighted by molar-refractivity contribution is 0.242. The first-order chi connectivity index (χ1) is 10.7. The number of sulfonamides is 1. The second-order valence-electron chi connectivity index (χ2n) is 4.20. The van der Waals surface area contributed by atoms with Gasteiger partial charge in [0.15, 0.2) is 11.6 Å². The fraction of sp³-hybridized carbons (Fsp3) is 0. The lowest BCUT2D eigenvalue weighted by Crippen LogP contribution is -2.21. The van der Waals surface area contributed by atoms with Gasteiger partial charge < -0.3 is 10.5 Å². The van der Waals surface area contributed by atoms with Crippen LogP contribution in [0.5, 0.6) is 0 Å². The predicted molar refractivity (Wildman–Crippen MR) is 93.6 cm³/mol. The molecule has 0 bridgehead atoms. The number of rotatable bonds is 4. The molecule has 0 saturated heterocycles. The first-order valence-corrected chi connectivity index (χ1v) is 9.46. The average Bonchev–Trinajstić information content (AvgIpc) is 2.49. The summed E-state index contributed by atoms with van der Waals surface area (Å²) in [5, 5.41) is 11.4. The molecule has 0 fully saturated rings. The quantitative estimate of drug-likeness (QED) is 0.306. The third-order valence-electron chi connectivity index (χ3n) is 2.73. The summed E-state index contributed by atoms with van der Waals surface area (Å²) in [7, 11) is -4.47. The molecule has 0 aromatic heterocycles. The topological polar surface area (TPSA) is 78.4 Å². The second kappa shape index (κ2) is 7.15. The van der Waals surface area contributed by atoms with Gasteiger partial charge in [-0.05, 0) is 62.8 Å². The van der Waals surface area contributed by atoms with Crippen molar-refractivity contribution in [3.8, 4) is 0 Å². The van der Waals surface area contributed by atoms with Gasteiger partial charge in [0.2, 0.25) is 0 Å². The van der Waals surface area contributed by atoms with Gasteiger partial charge >= 0.3 is 0 Å². The van der Waals surface area contributed by atoms with Crippen molar-refractivity contribution < 1.29 is 22.4 Å². The van der Waals surface area contributed by atoms with Crippen LogP contribution in [0.15, 0.2) is 33.6 Å². The van der Waals surface area contributed by atoms with Gasteiger partial charge in [0.1, 0.15) is 4.90 Å². The van der Waals surface area contributed by atoms with Crippen molar-refractivity contribution in [3.63, 3.8) is 0 Å². The van der Waals surface area contributed by atoms with Gasteiger partial charge in [-0.2, -0.15) is 0 Å². The van der Waals surface area contributed by atoms with Crippen LogP contribution in [0.4, 0.5) is 20.2 Å². The summed E-state index contributed by atoms with van der Waals surface area (Å²) in [5.41, 5.74) is -0.516. The third kappa shape index (κ3) is 3.94. The molecular formula is C12H7BrClF2IN2O3S. The molecule has 0 atom stereocenters. The van der Waals surface area contributed by atoms with Crippen LogP contribution in [0.25, 0.3) is 0 Å². The molecule has 0 heterocycles. The summed E-state index contributed by atoms with van der Waals surface area (Å²) in [6.07, 6.45) is 0. The Kier molecular flexibility index (Phi) is 5.85. The van der Waals surface area contributed by atoms with Gasteiger partial charge in [0.25, 0.3) is 10.0 Å². The fourth-order valence-corrected chi connectivity index (χ4v) is 3.91. The highest BCUT2D eigenvalue weighted by atomic mass is 127. The molecule has 0 saturated carbocycles. The highest BCUT2D eigenvalue weighted by molar-refractivity contribution is 14.1. The van der Waals surface area contributed by atoms with Crippen LogP contribution >= 0.6 is 50.1 Å². The zero-order valence-electron chi connectivity index (χ0n) is 10.9. The molecule has 0 aliphatic heterocycles. The summed E-state index contributed by atoms with van der Waals surface area (Å²) in [4.78, 5) is 0.375. The van der Waals surface area contributed by atoms with Crippen molar-refractivity contribution in [2.24, 2.45) is 0 Å². The zero-order chi connectivity index (χ0) is 17.4. The minimum atomic E-state index is -4.47. The molecule has 2 rings (SSSR count). The highest BCUT2D eigenvalue weighted by Crippen LogP contribution is 2.35. The lowest BCUT2D eigenvalue weighted by atomic mass is 10.2. The van der Waals surface area contributed by atoms with Crippen LogP contribution < -0.4 is 10.2 Å². The molecule has 2 aromatic rings. The Labute approximate surface area is 157 Å². The maximum atomic E-state index is 14.2. The lowest BCUT2D eigenvalue weighted by Gasteiger charge is -2.15. The van der Waals surface area contributed by atoms with Gasteiger partial charge in [0.05, 0.1) is 20.9 Å². The molecule has 0 radical (unpaired) electrons. The van der Waals surface area contributed by atoms with Gasteiger partial charge in [-0.25, -0.2) is 17.2 Å². The van der Waals surface area contributed by atoms with Gasteiger partial charge in [-0.3, -0.25) is 0 Å². The molecule has 3 N–H and O–H groups in total. The van der Waals surface area contributed by atoms with E-state index in [4.69, 9.17) is 16.8 Å². The van der Waals surface area contributed by atoms with E-state index in [0.29, 0.717) is 0 Å². The Morgan fingerprint density at radius 3 is 2.43 bits per heavy atom. The highest BCUT2D eigenvalue weighted by Gasteiger charge is 2.26. The van der Waals surface area contributed by atoms with Crippen LogP contribution in [-0.2, 0) is 10.0 Å². The molecular weight excluding hydrogens is 532 g/mol. The van der Waals surface area contributed by atoms with Crippen LogP contribution in [0.3, 0.4) is 0 Å². The number of benzene rings is 2. The van der Waals surface area contributed by atoms with Gasteiger partial charge in [-0.1, -0.05) is 16.5 Å². The molecule has 23 heavy (non-hydrogen) atoms. The van der Waals surface area contributed by atoms with Crippen molar-refractivity contribution in [3.05, 3.63) is 49.0 Å². The van der Waals surface area contributed by atoms with Gasteiger partial charge in [0, 0.05) is 3.57 Å². The van der Waals surface area contributed by atoms with Crippen LogP contribution in [0.1, 0.15) is 0 Å². The predicted octanol–water partition coefficient (Wildman–Crippen LogP) is 4.40. The summed E-state index contributed by atoms with van der Waals surface area (Å²) < 4.78 is 52.0. The number of hydrogen-bond acceptors (Lipinski definition) is 4. The van der Waals surface area contributed by atoms with Crippen molar-refractivity contribution >= 4 is 71.5 Å². The Balaban J connectivity index is 2.67. The molecule has 2 aromatic carbocycles. The van der Waals surface area contributed by atoms with E-state index in [2.05, 4.69) is 21.2 Å². The molecule has 0 spiro atoms. The molecule has 0 aliphatic carbocycles. The van der Waals surface area contributed by atoms with Crippen LogP contribution in [0.2, 0.25) is 5.02 Å². The Morgan fingerprint density at radius 1 is 1.22 bits per heavy atom. The number of halogens is 5. The Morgan fingerprint density at radius 2 is 1.87 bits per heavy atom. The molecule has 124 valence electrons. The normalized spacial score (nSPS) is 11.6. The summed E-state index contributed by atoms with van der Waals surface area (Å²) in [5.74, 6) is -2.73. The molecule has 0 aliphatic rings. The zero-order valence-corrected chi connectivity index (χ0v) is 16.2. The fourth-order valence-electron chi connectivity index (χ4n) is 1.68. The minimum absolute atomic E-state index is 0.169. The first kappa shape index (κ1) is 18.8. The Bertz CT molecular complexity index is 883. The summed E-state index contributed by atoms with van der Waals surface area (Å²) >= 11 is 10.7. The summed E-state index contributed by atoms with van der Waals surface area (Å²) in [6, 6.07) is 5.49. The molecule has 0 amide bonds. The number of hydrogen-bond donors (Lipinski definition) is 3. The second-order valence-corrected chi connectivity index (χ2v) is 8.34. The third-order valence-corrected chi connectivity index (χ3v) is 5.43.